The third-order valence-corrected chi connectivity index (χ3v) is 3.77. The first-order valence-corrected chi connectivity index (χ1v) is 6.73. The molecule has 1 aliphatic rings. The Kier molecular flexibility index (Phi) is 4.37. The predicted octanol–water partition coefficient (Wildman–Crippen LogP) is 2.66. The highest BCUT2D eigenvalue weighted by Gasteiger charge is 2.18. The fraction of sp³-hybridized carbons (Fsp3) is 0.571. The summed E-state index contributed by atoms with van der Waals surface area (Å²) in [5.41, 5.74) is 1.85. The Balaban J connectivity index is 1.98. The van der Waals surface area contributed by atoms with E-state index < -0.39 is 0 Å². The number of hydrogen-bond donors (Lipinski definition) is 1. The molecule has 0 aliphatic carbocycles. The Morgan fingerprint density at radius 3 is 2.74 bits per heavy atom. The zero-order valence-corrected chi connectivity index (χ0v) is 11.6. The zero-order chi connectivity index (χ0) is 13.8. The molecule has 0 saturated carbocycles. The number of nitro groups is 1. The van der Waals surface area contributed by atoms with Crippen LogP contribution in [0.2, 0.25) is 0 Å². The number of hydrogen-bond acceptors (Lipinski definition) is 4. The van der Waals surface area contributed by atoms with E-state index in [0.717, 1.165) is 38.0 Å². The van der Waals surface area contributed by atoms with Crippen molar-refractivity contribution in [3.05, 3.63) is 33.9 Å². The molecule has 0 radical (unpaired) electrons. The predicted molar refractivity (Wildman–Crippen MR) is 76.5 cm³/mol. The van der Waals surface area contributed by atoms with Crippen LogP contribution in [0.1, 0.15) is 18.4 Å². The summed E-state index contributed by atoms with van der Waals surface area (Å²) in [6, 6.07) is 5.21. The van der Waals surface area contributed by atoms with Gasteiger partial charge < -0.3 is 10.2 Å². The van der Waals surface area contributed by atoms with Crippen molar-refractivity contribution in [2.45, 2.75) is 19.8 Å². The highest BCUT2D eigenvalue weighted by atomic mass is 16.6. The van der Waals surface area contributed by atoms with Crippen LogP contribution >= 0.6 is 0 Å². The number of aryl methyl sites for hydroxylation is 1. The highest BCUT2D eigenvalue weighted by molar-refractivity contribution is 5.62. The number of rotatable bonds is 4. The quantitative estimate of drug-likeness (QED) is 0.670. The van der Waals surface area contributed by atoms with Crippen molar-refractivity contribution < 1.29 is 4.92 Å². The number of likely N-dealkylation sites (tertiary alicyclic amines) is 1. The molecule has 5 heteroatoms. The summed E-state index contributed by atoms with van der Waals surface area (Å²) >= 11 is 0. The van der Waals surface area contributed by atoms with Gasteiger partial charge in [-0.25, -0.2) is 0 Å². The molecule has 1 aromatic rings. The Labute approximate surface area is 113 Å². The summed E-state index contributed by atoms with van der Waals surface area (Å²) in [7, 11) is 2.13. The summed E-state index contributed by atoms with van der Waals surface area (Å²) in [4.78, 5) is 13.0. The van der Waals surface area contributed by atoms with Gasteiger partial charge in [0.05, 0.1) is 4.92 Å². The van der Waals surface area contributed by atoms with Crippen LogP contribution in [0, 0.1) is 23.0 Å². The molecule has 2 rings (SSSR count). The molecule has 104 valence electrons. The van der Waals surface area contributed by atoms with Gasteiger partial charge in [-0.3, -0.25) is 10.1 Å². The highest BCUT2D eigenvalue weighted by Crippen LogP contribution is 2.26. The first kappa shape index (κ1) is 13.8. The first-order valence-electron chi connectivity index (χ1n) is 6.73. The lowest BCUT2D eigenvalue weighted by Gasteiger charge is -2.29. The van der Waals surface area contributed by atoms with Gasteiger partial charge in [-0.05, 0) is 57.5 Å². The van der Waals surface area contributed by atoms with Crippen molar-refractivity contribution in [1.29, 1.82) is 0 Å². The molecule has 0 aromatic heterocycles. The van der Waals surface area contributed by atoms with Gasteiger partial charge in [0, 0.05) is 12.6 Å². The van der Waals surface area contributed by atoms with E-state index in [-0.39, 0.29) is 10.6 Å². The molecular weight excluding hydrogens is 242 g/mol. The van der Waals surface area contributed by atoms with Crippen LogP contribution in [0.5, 0.6) is 0 Å². The van der Waals surface area contributed by atoms with E-state index in [4.69, 9.17) is 0 Å². The van der Waals surface area contributed by atoms with Crippen LogP contribution in [0.3, 0.4) is 0 Å². The summed E-state index contributed by atoms with van der Waals surface area (Å²) in [6.07, 6.45) is 2.31. The topological polar surface area (TPSA) is 58.4 Å². The van der Waals surface area contributed by atoms with Gasteiger partial charge in [-0.15, -0.1) is 0 Å². The van der Waals surface area contributed by atoms with Gasteiger partial charge in [0.25, 0.3) is 5.69 Å². The average Bonchev–Trinajstić information content (AvgIpc) is 2.38. The van der Waals surface area contributed by atoms with Gasteiger partial charge >= 0.3 is 0 Å². The molecule has 1 saturated heterocycles. The second-order valence-corrected chi connectivity index (χ2v) is 5.41. The molecule has 1 aromatic carbocycles. The SMILES string of the molecule is Cc1ccc([N+](=O)[O-])c(NCC2CCN(C)CC2)c1. The molecule has 0 atom stereocenters. The Morgan fingerprint density at radius 2 is 2.11 bits per heavy atom. The van der Waals surface area contributed by atoms with E-state index in [1.54, 1.807) is 12.1 Å². The van der Waals surface area contributed by atoms with Gasteiger partial charge in [-0.1, -0.05) is 6.07 Å². The minimum atomic E-state index is -0.323. The van der Waals surface area contributed by atoms with Crippen molar-refractivity contribution in [2.24, 2.45) is 5.92 Å². The lowest BCUT2D eigenvalue weighted by atomic mass is 9.97. The molecule has 1 aliphatic heterocycles. The number of piperidine rings is 1. The number of nitrogens with one attached hydrogen (secondary N) is 1. The third-order valence-electron chi connectivity index (χ3n) is 3.77. The zero-order valence-electron chi connectivity index (χ0n) is 11.6. The third kappa shape index (κ3) is 3.67. The molecule has 1 heterocycles. The van der Waals surface area contributed by atoms with Gasteiger partial charge in [-0.2, -0.15) is 0 Å². The summed E-state index contributed by atoms with van der Waals surface area (Å²) in [6.45, 7) is 4.99. The van der Waals surface area contributed by atoms with E-state index in [0.29, 0.717) is 11.6 Å². The van der Waals surface area contributed by atoms with Crippen LogP contribution in [-0.4, -0.2) is 36.5 Å². The monoisotopic (exact) mass is 263 g/mol. The van der Waals surface area contributed by atoms with Gasteiger partial charge in [0.1, 0.15) is 5.69 Å². The Morgan fingerprint density at radius 1 is 1.42 bits per heavy atom. The van der Waals surface area contributed by atoms with E-state index in [1.807, 2.05) is 13.0 Å². The average molecular weight is 263 g/mol. The molecule has 0 spiro atoms. The van der Waals surface area contributed by atoms with Crippen molar-refractivity contribution in [1.82, 2.24) is 4.90 Å². The normalized spacial score (nSPS) is 17.4. The van der Waals surface area contributed by atoms with Crippen molar-refractivity contribution in [2.75, 3.05) is 32.0 Å². The van der Waals surface area contributed by atoms with E-state index in [2.05, 4.69) is 17.3 Å². The van der Waals surface area contributed by atoms with Crippen molar-refractivity contribution in [3.63, 3.8) is 0 Å². The van der Waals surface area contributed by atoms with Crippen LogP contribution in [-0.2, 0) is 0 Å². The number of nitro benzene ring substituents is 1. The minimum Gasteiger partial charge on any atom is -0.379 e. The van der Waals surface area contributed by atoms with Crippen molar-refractivity contribution in [3.8, 4) is 0 Å². The Bertz CT molecular complexity index is 454. The van der Waals surface area contributed by atoms with E-state index in [1.165, 1.54) is 0 Å². The maximum atomic E-state index is 11.0. The van der Waals surface area contributed by atoms with Crippen LogP contribution in [0.15, 0.2) is 18.2 Å². The standard InChI is InChI=1S/C14H21N3O2/c1-11-3-4-14(17(18)19)13(9-11)15-10-12-5-7-16(2)8-6-12/h3-4,9,12,15H,5-8,10H2,1-2H3. The van der Waals surface area contributed by atoms with Gasteiger partial charge in [0.15, 0.2) is 0 Å². The molecule has 19 heavy (non-hydrogen) atoms. The maximum absolute atomic E-state index is 11.0. The summed E-state index contributed by atoms with van der Waals surface area (Å²) < 4.78 is 0. The molecule has 1 N–H and O–H groups in total. The number of benzene rings is 1. The van der Waals surface area contributed by atoms with Crippen LogP contribution in [0.4, 0.5) is 11.4 Å². The fourth-order valence-electron chi connectivity index (χ4n) is 2.47. The molecule has 1 fully saturated rings. The van der Waals surface area contributed by atoms with Crippen LogP contribution in [0.25, 0.3) is 0 Å². The van der Waals surface area contributed by atoms with Crippen molar-refractivity contribution >= 4 is 11.4 Å². The molecule has 0 bridgehead atoms. The second kappa shape index (κ2) is 6.02. The molecular formula is C14H21N3O2. The minimum absolute atomic E-state index is 0.165. The molecule has 0 unspecified atom stereocenters. The lowest BCUT2D eigenvalue weighted by molar-refractivity contribution is -0.384. The first-order chi connectivity index (χ1) is 9.06. The Hall–Kier alpha value is -1.62. The van der Waals surface area contributed by atoms with E-state index >= 15 is 0 Å². The van der Waals surface area contributed by atoms with Gasteiger partial charge in [0.2, 0.25) is 0 Å². The largest absolute Gasteiger partial charge is 0.379 e. The fourth-order valence-corrected chi connectivity index (χ4v) is 2.47. The lowest BCUT2D eigenvalue weighted by Crippen LogP contribution is -2.33. The molecule has 5 nitrogen and oxygen atoms in total. The second-order valence-electron chi connectivity index (χ2n) is 5.41. The van der Waals surface area contributed by atoms with Crippen LogP contribution < -0.4 is 5.32 Å². The number of nitrogens with zero attached hydrogens (tertiary/aromatic N) is 2. The summed E-state index contributed by atoms with van der Waals surface area (Å²) in [5.74, 6) is 0.608. The van der Waals surface area contributed by atoms with E-state index in [9.17, 15) is 10.1 Å². The summed E-state index contributed by atoms with van der Waals surface area (Å²) in [5, 5.41) is 14.2. The number of anilines is 1. The molecule has 0 amide bonds. The smallest absolute Gasteiger partial charge is 0.292 e. The maximum Gasteiger partial charge on any atom is 0.292 e.